The first-order valence-corrected chi connectivity index (χ1v) is 7.94. The Kier molecular flexibility index (Phi) is 6.52. The highest BCUT2D eigenvalue weighted by atomic mass is 16.5. The van der Waals surface area contributed by atoms with Crippen LogP contribution >= 0.6 is 0 Å². The van der Waals surface area contributed by atoms with Crippen molar-refractivity contribution < 1.29 is 14.3 Å². The van der Waals surface area contributed by atoms with Gasteiger partial charge in [0.15, 0.2) is 11.5 Å². The van der Waals surface area contributed by atoms with Gasteiger partial charge in [-0.25, -0.2) is 0 Å². The highest BCUT2D eigenvalue weighted by Gasteiger charge is 2.17. The van der Waals surface area contributed by atoms with Crippen LogP contribution in [0.5, 0.6) is 11.5 Å². The van der Waals surface area contributed by atoms with Gasteiger partial charge in [-0.3, -0.25) is 4.79 Å². The number of carbonyl (C=O) groups excluding carboxylic acids is 1. The molecule has 1 aromatic rings. The lowest BCUT2D eigenvalue weighted by atomic mass is 10.1. The summed E-state index contributed by atoms with van der Waals surface area (Å²) in [6, 6.07) is 6.30. The van der Waals surface area contributed by atoms with E-state index >= 15 is 0 Å². The largest absolute Gasteiger partial charge is 0.493 e. The van der Waals surface area contributed by atoms with Crippen molar-refractivity contribution in [2.45, 2.75) is 38.1 Å². The summed E-state index contributed by atoms with van der Waals surface area (Å²) in [5, 5.41) is 6.34. The van der Waals surface area contributed by atoms with Crippen LogP contribution in [0.1, 0.15) is 31.2 Å². The molecule has 2 N–H and O–H groups in total. The Morgan fingerprint density at radius 3 is 2.82 bits per heavy atom. The van der Waals surface area contributed by atoms with Crippen LogP contribution < -0.4 is 20.1 Å². The molecule has 0 saturated carbocycles. The van der Waals surface area contributed by atoms with Crippen molar-refractivity contribution in [1.82, 2.24) is 10.6 Å². The lowest BCUT2D eigenvalue weighted by molar-refractivity contribution is -0.121. The molecule has 122 valence electrons. The smallest absolute Gasteiger partial charge is 0.221 e. The van der Waals surface area contributed by atoms with Gasteiger partial charge >= 0.3 is 0 Å². The number of rotatable bonds is 8. The molecule has 1 unspecified atom stereocenters. The van der Waals surface area contributed by atoms with E-state index in [1.807, 2.05) is 18.2 Å². The van der Waals surface area contributed by atoms with Crippen LogP contribution in [0.15, 0.2) is 18.2 Å². The van der Waals surface area contributed by atoms with Crippen molar-refractivity contribution in [2.24, 2.45) is 0 Å². The van der Waals surface area contributed by atoms with Gasteiger partial charge in [0.2, 0.25) is 5.91 Å². The van der Waals surface area contributed by atoms with Gasteiger partial charge in [0, 0.05) is 19.0 Å². The molecule has 1 aliphatic rings. The Balaban J connectivity index is 1.68. The third kappa shape index (κ3) is 4.91. The molecule has 1 heterocycles. The van der Waals surface area contributed by atoms with Crippen molar-refractivity contribution in [1.29, 1.82) is 0 Å². The van der Waals surface area contributed by atoms with Crippen LogP contribution in [0.2, 0.25) is 0 Å². The molecule has 1 fully saturated rings. The summed E-state index contributed by atoms with van der Waals surface area (Å²) in [7, 11) is 3.27. The molecule has 0 aliphatic carbocycles. The molecule has 22 heavy (non-hydrogen) atoms. The fourth-order valence-corrected chi connectivity index (χ4v) is 2.78. The summed E-state index contributed by atoms with van der Waals surface area (Å²) in [5.74, 6) is 1.63. The van der Waals surface area contributed by atoms with Crippen LogP contribution in [0.25, 0.3) is 0 Å². The van der Waals surface area contributed by atoms with Crippen molar-refractivity contribution in [3.05, 3.63) is 23.8 Å². The van der Waals surface area contributed by atoms with Gasteiger partial charge in [-0.05, 0) is 49.9 Å². The first-order valence-electron chi connectivity index (χ1n) is 7.94. The van der Waals surface area contributed by atoms with Gasteiger partial charge in [0.05, 0.1) is 14.2 Å². The minimum Gasteiger partial charge on any atom is -0.493 e. The molecule has 1 aromatic carbocycles. The molecule has 5 nitrogen and oxygen atoms in total. The summed E-state index contributed by atoms with van der Waals surface area (Å²) in [6.07, 6.45) is 4.70. The minimum absolute atomic E-state index is 0.145. The molecule has 1 amide bonds. The van der Waals surface area contributed by atoms with Gasteiger partial charge in [0.1, 0.15) is 0 Å². The maximum absolute atomic E-state index is 11.8. The number of aryl methyl sites for hydroxylation is 1. The Morgan fingerprint density at radius 1 is 1.32 bits per heavy atom. The number of amides is 1. The quantitative estimate of drug-likeness (QED) is 0.720. The molecule has 5 heteroatoms. The van der Waals surface area contributed by atoms with E-state index in [4.69, 9.17) is 9.47 Å². The number of ether oxygens (including phenoxy) is 2. The lowest BCUT2D eigenvalue weighted by Gasteiger charge is -2.11. The maximum Gasteiger partial charge on any atom is 0.221 e. The maximum atomic E-state index is 11.8. The third-order valence-electron chi connectivity index (χ3n) is 4.01. The molecule has 2 rings (SSSR count). The second-order valence-electron chi connectivity index (χ2n) is 5.64. The molecule has 1 atom stereocenters. The molecular weight excluding hydrogens is 280 g/mol. The summed E-state index contributed by atoms with van der Waals surface area (Å²) >= 11 is 0. The minimum atomic E-state index is 0.145. The van der Waals surface area contributed by atoms with Crippen LogP contribution in [0.4, 0.5) is 0 Å². The van der Waals surface area contributed by atoms with Crippen molar-refractivity contribution >= 4 is 5.91 Å². The van der Waals surface area contributed by atoms with Gasteiger partial charge in [-0.2, -0.15) is 0 Å². The van der Waals surface area contributed by atoms with Crippen LogP contribution in [-0.2, 0) is 11.2 Å². The number of nitrogens with one attached hydrogen (secondary N) is 2. The highest BCUT2D eigenvalue weighted by Crippen LogP contribution is 2.27. The van der Waals surface area contributed by atoms with Gasteiger partial charge in [-0.15, -0.1) is 0 Å². The zero-order chi connectivity index (χ0) is 15.8. The number of benzene rings is 1. The predicted octanol–water partition coefficient (Wildman–Crippen LogP) is 1.89. The van der Waals surface area contributed by atoms with E-state index in [1.165, 1.54) is 12.0 Å². The zero-order valence-electron chi connectivity index (χ0n) is 13.5. The number of hydrogen-bond donors (Lipinski definition) is 2. The average molecular weight is 306 g/mol. The van der Waals surface area contributed by atoms with Gasteiger partial charge < -0.3 is 20.1 Å². The second-order valence-corrected chi connectivity index (χ2v) is 5.64. The fourth-order valence-electron chi connectivity index (χ4n) is 2.78. The predicted molar refractivity (Wildman–Crippen MR) is 86.5 cm³/mol. The summed E-state index contributed by atoms with van der Waals surface area (Å²) in [5.41, 5.74) is 1.18. The second kappa shape index (κ2) is 8.63. The van der Waals surface area contributed by atoms with E-state index in [1.54, 1.807) is 14.2 Å². The van der Waals surface area contributed by atoms with E-state index in [0.29, 0.717) is 19.0 Å². The van der Waals surface area contributed by atoms with Crippen LogP contribution in [0.3, 0.4) is 0 Å². The number of methoxy groups -OCH3 is 2. The molecule has 1 saturated heterocycles. The number of hydrogen-bond acceptors (Lipinski definition) is 4. The Labute approximate surface area is 132 Å². The standard InChI is InChI=1S/C17H26N2O3/c1-21-15-8-7-13(11-16(15)22-2)5-3-10-19-17(20)12-14-6-4-9-18-14/h7-8,11,14,18H,3-6,9-10,12H2,1-2H3,(H,19,20). The van der Waals surface area contributed by atoms with E-state index in [2.05, 4.69) is 10.6 Å². The zero-order valence-corrected chi connectivity index (χ0v) is 13.5. The van der Waals surface area contributed by atoms with Gasteiger partial charge in [-0.1, -0.05) is 6.07 Å². The monoisotopic (exact) mass is 306 g/mol. The third-order valence-corrected chi connectivity index (χ3v) is 4.01. The summed E-state index contributed by atoms with van der Waals surface area (Å²) in [4.78, 5) is 11.8. The van der Waals surface area contributed by atoms with E-state index in [-0.39, 0.29) is 5.91 Å². The number of carbonyl (C=O) groups is 1. The first kappa shape index (κ1) is 16.6. The van der Waals surface area contributed by atoms with Crippen molar-refractivity contribution in [3.63, 3.8) is 0 Å². The highest BCUT2D eigenvalue weighted by molar-refractivity contribution is 5.76. The molecule has 1 aliphatic heterocycles. The molecule has 0 spiro atoms. The molecule has 0 bridgehead atoms. The topological polar surface area (TPSA) is 59.6 Å². The molecule has 0 radical (unpaired) electrons. The Bertz CT molecular complexity index is 485. The Hall–Kier alpha value is -1.75. The fraction of sp³-hybridized carbons (Fsp3) is 0.588. The lowest BCUT2D eigenvalue weighted by Crippen LogP contribution is -2.32. The SMILES string of the molecule is COc1ccc(CCCNC(=O)CC2CCCN2)cc1OC. The van der Waals surface area contributed by atoms with E-state index in [0.717, 1.165) is 37.3 Å². The first-order chi connectivity index (χ1) is 10.7. The molecule has 0 aromatic heterocycles. The van der Waals surface area contributed by atoms with Crippen LogP contribution in [0, 0.1) is 0 Å². The average Bonchev–Trinajstić information content (AvgIpc) is 3.04. The van der Waals surface area contributed by atoms with Crippen molar-refractivity contribution in [3.8, 4) is 11.5 Å². The van der Waals surface area contributed by atoms with Gasteiger partial charge in [0.25, 0.3) is 0 Å². The van der Waals surface area contributed by atoms with Crippen molar-refractivity contribution in [2.75, 3.05) is 27.3 Å². The van der Waals surface area contributed by atoms with E-state index in [9.17, 15) is 4.79 Å². The Morgan fingerprint density at radius 2 is 2.14 bits per heavy atom. The summed E-state index contributed by atoms with van der Waals surface area (Å²) in [6.45, 7) is 1.75. The van der Waals surface area contributed by atoms with Crippen LogP contribution in [-0.4, -0.2) is 39.3 Å². The van der Waals surface area contributed by atoms with E-state index < -0.39 is 0 Å². The molecular formula is C17H26N2O3. The summed E-state index contributed by atoms with van der Waals surface area (Å²) < 4.78 is 10.5. The normalized spacial score (nSPS) is 17.3.